The van der Waals surface area contributed by atoms with Gasteiger partial charge in [-0.15, -0.1) is 0 Å². The number of hydrogen-bond acceptors (Lipinski definition) is 4. The molecule has 98 valence electrons. The quantitative estimate of drug-likeness (QED) is 0.709. The van der Waals surface area contributed by atoms with Crippen LogP contribution in [0.1, 0.15) is 12.8 Å². The highest BCUT2D eigenvalue weighted by atomic mass is 16.5. The molecule has 2 N–H and O–H groups in total. The summed E-state index contributed by atoms with van der Waals surface area (Å²) >= 11 is 0. The maximum absolute atomic E-state index is 12.3. The number of nitrogens with zero attached hydrogens (tertiary/aromatic N) is 2. The van der Waals surface area contributed by atoms with Gasteiger partial charge in [-0.05, 0) is 19.9 Å². The Morgan fingerprint density at radius 1 is 1.35 bits per heavy atom. The molecular weight excluding hydrogens is 218 g/mol. The Bertz CT molecular complexity index is 266. The van der Waals surface area contributed by atoms with Crippen LogP contribution in [0.5, 0.6) is 0 Å². The molecule has 0 bridgehead atoms. The van der Waals surface area contributed by atoms with E-state index in [4.69, 9.17) is 10.5 Å². The second kappa shape index (κ2) is 5.80. The van der Waals surface area contributed by atoms with E-state index in [0.717, 1.165) is 45.7 Å². The number of rotatable bonds is 2. The van der Waals surface area contributed by atoms with E-state index in [2.05, 4.69) is 11.9 Å². The highest BCUT2D eigenvalue weighted by molar-refractivity contribution is 5.79. The maximum atomic E-state index is 12.3. The Balaban J connectivity index is 1.90. The van der Waals surface area contributed by atoms with Crippen LogP contribution >= 0.6 is 0 Å². The van der Waals surface area contributed by atoms with Crippen LogP contribution in [0, 0.1) is 5.92 Å². The summed E-state index contributed by atoms with van der Waals surface area (Å²) in [4.78, 5) is 16.6. The third-order valence-electron chi connectivity index (χ3n) is 3.93. The molecule has 1 atom stereocenters. The number of amides is 1. The van der Waals surface area contributed by atoms with Crippen LogP contribution in [-0.2, 0) is 9.53 Å². The van der Waals surface area contributed by atoms with Crippen molar-refractivity contribution < 1.29 is 9.53 Å². The second-order valence-corrected chi connectivity index (χ2v) is 5.04. The molecule has 2 aliphatic heterocycles. The minimum Gasteiger partial charge on any atom is -0.381 e. The largest absolute Gasteiger partial charge is 0.381 e. The van der Waals surface area contributed by atoms with Gasteiger partial charge >= 0.3 is 0 Å². The van der Waals surface area contributed by atoms with Crippen molar-refractivity contribution in [1.29, 1.82) is 0 Å². The van der Waals surface area contributed by atoms with Crippen molar-refractivity contribution in [2.75, 3.05) is 46.4 Å². The van der Waals surface area contributed by atoms with Gasteiger partial charge in [0, 0.05) is 51.4 Å². The highest BCUT2D eigenvalue weighted by Gasteiger charge is 2.31. The van der Waals surface area contributed by atoms with Crippen molar-refractivity contribution in [3.8, 4) is 0 Å². The van der Waals surface area contributed by atoms with Gasteiger partial charge in [0.2, 0.25) is 5.91 Å². The summed E-state index contributed by atoms with van der Waals surface area (Å²) in [5.41, 5.74) is 5.73. The van der Waals surface area contributed by atoms with Crippen LogP contribution in [0.4, 0.5) is 0 Å². The second-order valence-electron chi connectivity index (χ2n) is 5.04. The monoisotopic (exact) mass is 241 g/mol. The zero-order chi connectivity index (χ0) is 12.3. The van der Waals surface area contributed by atoms with E-state index in [0.29, 0.717) is 18.5 Å². The summed E-state index contributed by atoms with van der Waals surface area (Å²) in [5, 5.41) is 0. The standard InChI is InChI=1S/C12H23N3O2/c1-14-4-5-15(9-11(14)8-13)12(16)10-2-6-17-7-3-10/h10-11H,2-9,13H2,1H3. The average molecular weight is 241 g/mol. The lowest BCUT2D eigenvalue weighted by atomic mass is 9.98. The lowest BCUT2D eigenvalue weighted by Gasteiger charge is -2.40. The Morgan fingerprint density at radius 2 is 2.06 bits per heavy atom. The number of hydrogen-bond donors (Lipinski definition) is 1. The van der Waals surface area contributed by atoms with E-state index in [1.54, 1.807) is 0 Å². The Hall–Kier alpha value is -0.650. The van der Waals surface area contributed by atoms with Crippen molar-refractivity contribution in [2.24, 2.45) is 11.7 Å². The van der Waals surface area contributed by atoms with Gasteiger partial charge in [-0.2, -0.15) is 0 Å². The normalized spacial score (nSPS) is 28.4. The first-order chi connectivity index (χ1) is 8.22. The number of ether oxygens (including phenoxy) is 1. The smallest absolute Gasteiger partial charge is 0.225 e. The maximum Gasteiger partial charge on any atom is 0.225 e. The predicted octanol–water partition coefficient (Wildman–Crippen LogP) is -0.486. The molecule has 2 heterocycles. The van der Waals surface area contributed by atoms with E-state index in [-0.39, 0.29) is 5.92 Å². The van der Waals surface area contributed by atoms with Gasteiger partial charge in [0.25, 0.3) is 0 Å². The molecule has 0 aromatic carbocycles. The first-order valence-corrected chi connectivity index (χ1v) is 6.49. The summed E-state index contributed by atoms with van der Waals surface area (Å²) in [5.74, 6) is 0.477. The molecule has 2 rings (SSSR count). The predicted molar refractivity (Wildman–Crippen MR) is 65.6 cm³/mol. The molecule has 0 aliphatic carbocycles. The van der Waals surface area contributed by atoms with Crippen LogP contribution in [-0.4, -0.2) is 68.2 Å². The van der Waals surface area contributed by atoms with E-state index in [1.165, 1.54) is 0 Å². The van der Waals surface area contributed by atoms with Crippen molar-refractivity contribution >= 4 is 5.91 Å². The molecule has 17 heavy (non-hydrogen) atoms. The fraction of sp³-hybridized carbons (Fsp3) is 0.917. The zero-order valence-electron chi connectivity index (χ0n) is 10.6. The first kappa shape index (κ1) is 12.8. The number of likely N-dealkylation sites (N-methyl/N-ethyl adjacent to an activating group) is 1. The van der Waals surface area contributed by atoms with Gasteiger partial charge in [-0.3, -0.25) is 9.69 Å². The van der Waals surface area contributed by atoms with Crippen LogP contribution < -0.4 is 5.73 Å². The zero-order valence-corrected chi connectivity index (χ0v) is 10.6. The molecule has 0 spiro atoms. The SMILES string of the molecule is CN1CCN(C(=O)C2CCOCC2)CC1CN. The Kier molecular flexibility index (Phi) is 4.36. The Morgan fingerprint density at radius 3 is 2.71 bits per heavy atom. The Labute approximate surface area is 103 Å². The summed E-state index contributed by atoms with van der Waals surface area (Å²) < 4.78 is 5.30. The lowest BCUT2D eigenvalue weighted by Crippen LogP contribution is -2.57. The van der Waals surface area contributed by atoms with Crippen LogP contribution in [0.2, 0.25) is 0 Å². The topological polar surface area (TPSA) is 58.8 Å². The summed E-state index contributed by atoms with van der Waals surface area (Å²) in [6.07, 6.45) is 1.75. The molecule has 1 amide bonds. The summed E-state index contributed by atoms with van der Waals surface area (Å²) in [6.45, 7) is 4.62. The molecule has 2 aliphatic rings. The van der Waals surface area contributed by atoms with Crippen LogP contribution in [0.25, 0.3) is 0 Å². The average Bonchev–Trinajstić information content (AvgIpc) is 2.39. The number of carbonyl (C=O) groups is 1. The summed E-state index contributed by atoms with van der Waals surface area (Å²) in [7, 11) is 2.08. The van der Waals surface area contributed by atoms with Gasteiger partial charge in [0.05, 0.1) is 0 Å². The van der Waals surface area contributed by atoms with Gasteiger partial charge < -0.3 is 15.4 Å². The molecule has 2 saturated heterocycles. The molecule has 5 heteroatoms. The highest BCUT2D eigenvalue weighted by Crippen LogP contribution is 2.19. The van der Waals surface area contributed by atoms with Gasteiger partial charge in [0.15, 0.2) is 0 Å². The minimum absolute atomic E-state index is 0.172. The van der Waals surface area contributed by atoms with E-state index < -0.39 is 0 Å². The number of piperazine rings is 1. The fourth-order valence-corrected chi connectivity index (χ4v) is 2.60. The summed E-state index contributed by atoms with van der Waals surface area (Å²) in [6, 6.07) is 0.313. The number of carbonyl (C=O) groups excluding carboxylic acids is 1. The third kappa shape index (κ3) is 2.97. The number of nitrogens with two attached hydrogens (primary N) is 1. The molecule has 2 fully saturated rings. The molecule has 0 radical (unpaired) electrons. The molecule has 0 saturated carbocycles. The first-order valence-electron chi connectivity index (χ1n) is 6.49. The molecular formula is C12H23N3O2. The molecule has 0 aromatic rings. The van der Waals surface area contributed by atoms with E-state index in [1.807, 2.05) is 4.90 Å². The minimum atomic E-state index is 0.172. The molecule has 5 nitrogen and oxygen atoms in total. The van der Waals surface area contributed by atoms with Crippen molar-refractivity contribution in [3.05, 3.63) is 0 Å². The van der Waals surface area contributed by atoms with E-state index in [9.17, 15) is 4.79 Å². The van der Waals surface area contributed by atoms with Gasteiger partial charge in [0.1, 0.15) is 0 Å². The molecule has 1 unspecified atom stereocenters. The van der Waals surface area contributed by atoms with Crippen LogP contribution in [0.15, 0.2) is 0 Å². The van der Waals surface area contributed by atoms with Gasteiger partial charge in [-0.25, -0.2) is 0 Å². The third-order valence-corrected chi connectivity index (χ3v) is 3.93. The van der Waals surface area contributed by atoms with Crippen molar-refractivity contribution in [3.63, 3.8) is 0 Å². The van der Waals surface area contributed by atoms with Crippen molar-refractivity contribution in [2.45, 2.75) is 18.9 Å². The van der Waals surface area contributed by atoms with E-state index >= 15 is 0 Å². The fourth-order valence-electron chi connectivity index (χ4n) is 2.60. The van der Waals surface area contributed by atoms with Crippen LogP contribution in [0.3, 0.4) is 0 Å². The van der Waals surface area contributed by atoms with Gasteiger partial charge in [-0.1, -0.05) is 0 Å². The van der Waals surface area contributed by atoms with Crippen molar-refractivity contribution in [1.82, 2.24) is 9.80 Å². The lowest BCUT2D eigenvalue weighted by molar-refractivity contribution is -0.141. The molecule has 0 aromatic heterocycles.